The van der Waals surface area contributed by atoms with E-state index in [-0.39, 0.29) is 0 Å². The summed E-state index contributed by atoms with van der Waals surface area (Å²) in [7, 11) is 1.88. The zero-order valence-corrected chi connectivity index (χ0v) is 12.2. The third-order valence-corrected chi connectivity index (χ3v) is 3.95. The van der Waals surface area contributed by atoms with E-state index in [4.69, 9.17) is 4.74 Å². The van der Waals surface area contributed by atoms with Gasteiger partial charge in [0, 0.05) is 32.1 Å². The molecule has 0 aromatic heterocycles. The van der Waals surface area contributed by atoms with Crippen molar-refractivity contribution in [3.8, 4) is 0 Å². The van der Waals surface area contributed by atoms with Crippen LogP contribution in [0.2, 0.25) is 0 Å². The Morgan fingerprint density at radius 3 is 2.39 bits per heavy atom. The molecule has 0 aromatic rings. The predicted octanol–water partition coefficient (Wildman–Crippen LogP) is 1.58. The van der Waals surface area contributed by atoms with Gasteiger partial charge >= 0.3 is 0 Å². The van der Waals surface area contributed by atoms with Gasteiger partial charge in [0.15, 0.2) is 5.96 Å². The Kier molecular flexibility index (Phi) is 4.15. The number of ether oxygens (including phenoxy) is 1. The number of hydrogen-bond donors (Lipinski definition) is 1. The average molecular weight is 253 g/mol. The first-order chi connectivity index (χ1) is 8.52. The number of guanidine groups is 1. The highest BCUT2D eigenvalue weighted by Gasteiger charge is 2.34. The SMILES string of the molecule is CN=C(NCC1(C)COC1)N1CC(C)CC(C)C1. The first kappa shape index (κ1) is 13.7. The van der Waals surface area contributed by atoms with Crippen molar-refractivity contribution < 1.29 is 4.74 Å². The van der Waals surface area contributed by atoms with Crippen molar-refractivity contribution in [1.29, 1.82) is 0 Å². The lowest BCUT2D eigenvalue weighted by molar-refractivity contribution is -0.0973. The van der Waals surface area contributed by atoms with Gasteiger partial charge in [-0.1, -0.05) is 20.8 Å². The first-order valence-electron chi connectivity index (χ1n) is 7.06. The van der Waals surface area contributed by atoms with Crippen molar-refractivity contribution in [2.75, 3.05) is 39.9 Å². The van der Waals surface area contributed by atoms with Crippen molar-refractivity contribution in [2.24, 2.45) is 22.2 Å². The number of nitrogens with zero attached hydrogens (tertiary/aromatic N) is 2. The smallest absolute Gasteiger partial charge is 0.193 e. The molecule has 0 aromatic carbocycles. The summed E-state index contributed by atoms with van der Waals surface area (Å²) >= 11 is 0. The van der Waals surface area contributed by atoms with Crippen LogP contribution in [0, 0.1) is 17.3 Å². The molecule has 0 aliphatic carbocycles. The molecule has 4 nitrogen and oxygen atoms in total. The van der Waals surface area contributed by atoms with Gasteiger partial charge in [0.25, 0.3) is 0 Å². The molecule has 0 amide bonds. The fourth-order valence-corrected chi connectivity index (χ4v) is 3.01. The second-order valence-corrected chi connectivity index (χ2v) is 6.56. The number of likely N-dealkylation sites (tertiary alicyclic amines) is 1. The zero-order valence-electron chi connectivity index (χ0n) is 12.2. The van der Waals surface area contributed by atoms with Crippen LogP contribution >= 0.6 is 0 Å². The largest absolute Gasteiger partial charge is 0.380 e. The molecule has 4 heteroatoms. The standard InChI is InChI=1S/C14H27N3O/c1-11-5-12(2)7-17(6-11)13(15-4)16-8-14(3)9-18-10-14/h11-12H,5-10H2,1-4H3,(H,15,16). The molecule has 0 spiro atoms. The molecule has 2 atom stereocenters. The minimum atomic E-state index is 0.295. The maximum absolute atomic E-state index is 5.29. The highest BCUT2D eigenvalue weighted by Crippen LogP contribution is 2.25. The van der Waals surface area contributed by atoms with Crippen LogP contribution in [0.5, 0.6) is 0 Å². The Balaban J connectivity index is 1.88. The predicted molar refractivity (Wildman–Crippen MR) is 74.8 cm³/mol. The quantitative estimate of drug-likeness (QED) is 0.599. The highest BCUT2D eigenvalue weighted by molar-refractivity contribution is 5.80. The summed E-state index contributed by atoms with van der Waals surface area (Å²) in [5, 5.41) is 3.52. The van der Waals surface area contributed by atoms with Crippen LogP contribution in [-0.4, -0.2) is 50.8 Å². The molecule has 1 N–H and O–H groups in total. The van der Waals surface area contributed by atoms with Crippen LogP contribution in [0.25, 0.3) is 0 Å². The number of hydrogen-bond acceptors (Lipinski definition) is 2. The van der Waals surface area contributed by atoms with Gasteiger partial charge in [-0.15, -0.1) is 0 Å². The molecular formula is C14H27N3O. The second-order valence-electron chi connectivity index (χ2n) is 6.56. The molecule has 2 aliphatic rings. The summed E-state index contributed by atoms with van der Waals surface area (Å²) < 4.78 is 5.29. The Labute approximate surface area is 111 Å². The van der Waals surface area contributed by atoms with Gasteiger partial charge in [-0.05, 0) is 18.3 Å². The van der Waals surface area contributed by atoms with E-state index in [1.807, 2.05) is 7.05 Å². The monoisotopic (exact) mass is 253 g/mol. The molecule has 18 heavy (non-hydrogen) atoms. The highest BCUT2D eigenvalue weighted by atomic mass is 16.5. The summed E-state index contributed by atoms with van der Waals surface area (Å²) in [4.78, 5) is 6.84. The Bertz CT molecular complexity index is 302. The number of rotatable bonds is 2. The normalized spacial score (nSPS) is 32.0. The zero-order chi connectivity index (χ0) is 13.2. The van der Waals surface area contributed by atoms with Gasteiger partial charge in [0.1, 0.15) is 0 Å². The third-order valence-electron chi connectivity index (χ3n) is 3.95. The van der Waals surface area contributed by atoms with Gasteiger partial charge in [0.2, 0.25) is 0 Å². The molecule has 2 aliphatic heterocycles. The van der Waals surface area contributed by atoms with Crippen molar-refractivity contribution in [3.05, 3.63) is 0 Å². The lowest BCUT2D eigenvalue weighted by Crippen LogP contribution is -2.54. The fraction of sp³-hybridized carbons (Fsp3) is 0.929. The Hall–Kier alpha value is -0.770. The van der Waals surface area contributed by atoms with Crippen LogP contribution in [0.1, 0.15) is 27.2 Å². The van der Waals surface area contributed by atoms with Crippen LogP contribution in [0.4, 0.5) is 0 Å². The molecule has 2 heterocycles. The van der Waals surface area contributed by atoms with Crippen molar-refractivity contribution >= 4 is 5.96 Å². The molecule has 0 saturated carbocycles. The minimum Gasteiger partial charge on any atom is -0.380 e. The number of aliphatic imine (C=N–C) groups is 1. The van der Waals surface area contributed by atoms with Gasteiger partial charge in [-0.3, -0.25) is 4.99 Å². The van der Waals surface area contributed by atoms with E-state index in [1.165, 1.54) is 6.42 Å². The van der Waals surface area contributed by atoms with Gasteiger partial charge in [-0.2, -0.15) is 0 Å². The summed E-state index contributed by atoms with van der Waals surface area (Å²) in [5.41, 5.74) is 0.295. The van der Waals surface area contributed by atoms with E-state index >= 15 is 0 Å². The van der Waals surface area contributed by atoms with Crippen molar-refractivity contribution in [1.82, 2.24) is 10.2 Å². The van der Waals surface area contributed by atoms with Crippen molar-refractivity contribution in [3.63, 3.8) is 0 Å². The number of piperidine rings is 1. The summed E-state index contributed by atoms with van der Waals surface area (Å²) in [6.07, 6.45) is 1.33. The number of nitrogens with one attached hydrogen (secondary N) is 1. The van der Waals surface area contributed by atoms with Crippen molar-refractivity contribution in [2.45, 2.75) is 27.2 Å². The van der Waals surface area contributed by atoms with E-state index in [2.05, 4.69) is 36.0 Å². The molecular weight excluding hydrogens is 226 g/mol. The molecule has 0 radical (unpaired) electrons. The topological polar surface area (TPSA) is 36.9 Å². The molecule has 2 rings (SSSR count). The lowest BCUT2D eigenvalue weighted by Gasteiger charge is -2.41. The second kappa shape index (κ2) is 5.47. The maximum atomic E-state index is 5.29. The van der Waals surface area contributed by atoms with E-state index in [0.29, 0.717) is 5.41 Å². The van der Waals surface area contributed by atoms with Crippen LogP contribution < -0.4 is 5.32 Å². The summed E-state index contributed by atoms with van der Waals surface area (Å²) in [5.74, 6) is 2.58. The molecule has 2 unspecified atom stereocenters. The lowest BCUT2D eigenvalue weighted by atomic mass is 9.88. The third kappa shape index (κ3) is 3.16. The van der Waals surface area contributed by atoms with Gasteiger partial charge in [-0.25, -0.2) is 0 Å². The van der Waals surface area contributed by atoms with E-state index in [0.717, 1.165) is 50.6 Å². The fourth-order valence-electron chi connectivity index (χ4n) is 3.01. The maximum Gasteiger partial charge on any atom is 0.193 e. The van der Waals surface area contributed by atoms with Crippen LogP contribution in [0.3, 0.4) is 0 Å². The first-order valence-corrected chi connectivity index (χ1v) is 7.06. The Morgan fingerprint density at radius 1 is 1.33 bits per heavy atom. The van der Waals surface area contributed by atoms with E-state index in [1.54, 1.807) is 0 Å². The summed E-state index contributed by atoms with van der Waals surface area (Å²) in [6, 6.07) is 0. The molecule has 2 fully saturated rings. The molecule has 104 valence electrons. The van der Waals surface area contributed by atoms with Gasteiger partial charge < -0.3 is 15.0 Å². The minimum absolute atomic E-state index is 0.295. The summed E-state index contributed by atoms with van der Waals surface area (Å²) in [6.45, 7) is 11.9. The molecule has 2 saturated heterocycles. The van der Waals surface area contributed by atoms with Crippen LogP contribution in [-0.2, 0) is 4.74 Å². The molecule has 0 bridgehead atoms. The van der Waals surface area contributed by atoms with E-state index < -0.39 is 0 Å². The van der Waals surface area contributed by atoms with Crippen LogP contribution in [0.15, 0.2) is 4.99 Å². The van der Waals surface area contributed by atoms with E-state index in [9.17, 15) is 0 Å². The van der Waals surface area contributed by atoms with Gasteiger partial charge in [0.05, 0.1) is 13.2 Å². The Morgan fingerprint density at radius 2 is 1.94 bits per heavy atom. The average Bonchev–Trinajstić information content (AvgIpc) is 2.26.